The van der Waals surface area contributed by atoms with Crippen molar-refractivity contribution in [3.05, 3.63) is 35.9 Å². The molecule has 0 radical (unpaired) electrons. The molecule has 21 heavy (non-hydrogen) atoms. The molecule has 1 rings (SSSR count). The Morgan fingerprint density at radius 1 is 1.05 bits per heavy atom. The summed E-state index contributed by atoms with van der Waals surface area (Å²) in [7, 11) is 0. The highest BCUT2D eigenvalue weighted by atomic mass is 14.5. The first kappa shape index (κ1) is 18.2. The van der Waals surface area contributed by atoms with Gasteiger partial charge in [-0.3, -0.25) is 0 Å². The second kappa shape index (κ2) is 8.58. The standard InChI is InChI=1S/C20H35N/c1-6-16(2)17(3)15-19(18-11-8-7-9-12-18)20(4,5)13-10-14-21/h7-9,11-12,16-17,19H,6,10,13-15,21H2,1-5H3. The van der Waals surface area contributed by atoms with Crippen molar-refractivity contribution < 1.29 is 0 Å². The van der Waals surface area contributed by atoms with E-state index in [0.29, 0.717) is 11.3 Å². The zero-order chi connectivity index (χ0) is 15.9. The van der Waals surface area contributed by atoms with Gasteiger partial charge in [0.1, 0.15) is 0 Å². The van der Waals surface area contributed by atoms with Crippen molar-refractivity contribution in [3.63, 3.8) is 0 Å². The van der Waals surface area contributed by atoms with Crippen LogP contribution in [-0.2, 0) is 0 Å². The molecular weight excluding hydrogens is 254 g/mol. The maximum atomic E-state index is 5.75. The molecule has 0 bridgehead atoms. The van der Waals surface area contributed by atoms with Gasteiger partial charge in [0.2, 0.25) is 0 Å². The third-order valence-corrected chi connectivity index (χ3v) is 5.39. The van der Waals surface area contributed by atoms with E-state index in [1.54, 1.807) is 0 Å². The minimum absolute atomic E-state index is 0.308. The summed E-state index contributed by atoms with van der Waals surface area (Å²) in [5.41, 5.74) is 7.55. The molecule has 1 heteroatoms. The van der Waals surface area contributed by atoms with E-state index in [1.807, 2.05) is 0 Å². The normalized spacial score (nSPS) is 16.5. The second-order valence-corrected chi connectivity index (χ2v) is 7.44. The third kappa shape index (κ3) is 5.47. The summed E-state index contributed by atoms with van der Waals surface area (Å²) in [6, 6.07) is 11.1. The molecule has 2 N–H and O–H groups in total. The Bertz CT molecular complexity index is 382. The predicted octanol–water partition coefficient (Wildman–Crippen LogP) is 5.61. The zero-order valence-electron chi connectivity index (χ0n) is 14.7. The van der Waals surface area contributed by atoms with Crippen molar-refractivity contribution in [1.29, 1.82) is 0 Å². The van der Waals surface area contributed by atoms with Gasteiger partial charge in [-0.05, 0) is 54.5 Å². The van der Waals surface area contributed by atoms with Crippen LogP contribution in [-0.4, -0.2) is 6.54 Å². The van der Waals surface area contributed by atoms with Crippen LogP contribution in [0, 0.1) is 17.3 Å². The van der Waals surface area contributed by atoms with Gasteiger partial charge in [-0.15, -0.1) is 0 Å². The first-order valence-corrected chi connectivity index (χ1v) is 8.67. The maximum Gasteiger partial charge on any atom is -0.00771 e. The number of nitrogens with two attached hydrogens (primary N) is 1. The van der Waals surface area contributed by atoms with Gasteiger partial charge < -0.3 is 5.73 Å². The largest absolute Gasteiger partial charge is 0.330 e. The van der Waals surface area contributed by atoms with Crippen molar-refractivity contribution >= 4 is 0 Å². The van der Waals surface area contributed by atoms with Crippen LogP contribution in [0.25, 0.3) is 0 Å². The lowest BCUT2D eigenvalue weighted by Crippen LogP contribution is -2.26. The van der Waals surface area contributed by atoms with E-state index in [1.165, 1.54) is 24.8 Å². The molecule has 1 nitrogen and oxygen atoms in total. The topological polar surface area (TPSA) is 26.0 Å². The van der Waals surface area contributed by atoms with E-state index < -0.39 is 0 Å². The Balaban J connectivity index is 2.95. The van der Waals surface area contributed by atoms with Crippen molar-refractivity contribution in [2.45, 2.75) is 66.2 Å². The summed E-state index contributed by atoms with van der Waals surface area (Å²) in [5, 5.41) is 0. The van der Waals surface area contributed by atoms with Crippen molar-refractivity contribution in [3.8, 4) is 0 Å². The molecule has 120 valence electrons. The van der Waals surface area contributed by atoms with Gasteiger partial charge in [-0.25, -0.2) is 0 Å². The second-order valence-electron chi connectivity index (χ2n) is 7.44. The molecule has 3 unspecified atom stereocenters. The van der Waals surface area contributed by atoms with Crippen LogP contribution in [0.3, 0.4) is 0 Å². The predicted molar refractivity (Wildman–Crippen MR) is 94.5 cm³/mol. The lowest BCUT2D eigenvalue weighted by Gasteiger charge is -2.38. The van der Waals surface area contributed by atoms with Crippen molar-refractivity contribution in [2.24, 2.45) is 23.0 Å². The van der Waals surface area contributed by atoms with Crippen LogP contribution in [0.4, 0.5) is 0 Å². The number of hydrogen-bond donors (Lipinski definition) is 1. The van der Waals surface area contributed by atoms with Gasteiger partial charge in [0.05, 0.1) is 0 Å². The zero-order valence-corrected chi connectivity index (χ0v) is 14.7. The SMILES string of the molecule is CCC(C)C(C)CC(c1ccccc1)C(C)(C)CCCN. The van der Waals surface area contributed by atoms with Crippen LogP contribution in [0.15, 0.2) is 30.3 Å². The Hall–Kier alpha value is -0.820. The fourth-order valence-corrected chi connectivity index (χ4v) is 3.33. The smallest absolute Gasteiger partial charge is 0.00771 e. The van der Waals surface area contributed by atoms with Gasteiger partial charge in [-0.2, -0.15) is 0 Å². The minimum atomic E-state index is 0.308. The highest BCUT2D eigenvalue weighted by Gasteiger charge is 2.32. The van der Waals surface area contributed by atoms with Gasteiger partial charge in [0.25, 0.3) is 0 Å². The lowest BCUT2D eigenvalue weighted by molar-refractivity contribution is 0.203. The molecule has 3 atom stereocenters. The van der Waals surface area contributed by atoms with Crippen LogP contribution in [0.1, 0.15) is 71.8 Å². The number of rotatable bonds is 9. The van der Waals surface area contributed by atoms with Crippen LogP contribution in [0.2, 0.25) is 0 Å². The first-order valence-electron chi connectivity index (χ1n) is 8.67. The molecule has 0 aliphatic carbocycles. The molecule has 0 saturated heterocycles. The fourth-order valence-electron chi connectivity index (χ4n) is 3.33. The monoisotopic (exact) mass is 289 g/mol. The van der Waals surface area contributed by atoms with Crippen LogP contribution < -0.4 is 5.73 Å². The Labute approximate surface area is 132 Å². The Morgan fingerprint density at radius 2 is 1.67 bits per heavy atom. The highest BCUT2D eigenvalue weighted by molar-refractivity contribution is 5.22. The highest BCUT2D eigenvalue weighted by Crippen LogP contribution is 2.44. The van der Waals surface area contributed by atoms with Crippen LogP contribution >= 0.6 is 0 Å². The molecule has 0 spiro atoms. The summed E-state index contributed by atoms with van der Waals surface area (Å²) in [4.78, 5) is 0. The van der Waals surface area contributed by atoms with E-state index in [9.17, 15) is 0 Å². The van der Waals surface area contributed by atoms with Gasteiger partial charge in [0, 0.05) is 0 Å². The molecule has 0 fully saturated rings. The van der Waals surface area contributed by atoms with E-state index in [-0.39, 0.29) is 0 Å². The average molecular weight is 290 g/mol. The van der Waals surface area contributed by atoms with Crippen molar-refractivity contribution in [2.75, 3.05) is 6.54 Å². The molecule has 1 aromatic carbocycles. The number of hydrogen-bond acceptors (Lipinski definition) is 1. The Morgan fingerprint density at radius 3 is 2.19 bits per heavy atom. The van der Waals surface area contributed by atoms with Gasteiger partial charge in [0.15, 0.2) is 0 Å². The molecule has 0 saturated carbocycles. The molecular formula is C20H35N. The average Bonchev–Trinajstić information content (AvgIpc) is 2.50. The van der Waals surface area contributed by atoms with Crippen molar-refractivity contribution in [1.82, 2.24) is 0 Å². The summed E-state index contributed by atoms with van der Waals surface area (Å²) >= 11 is 0. The lowest BCUT2D eigenvalue weighted by atomic mass is 9.67. The fraction of sp³-hybridized carbons (Fsp3) is 0.700. The molecule has 0 heterocycles. The van der Waals surface area contributed by atoms with Crippen LogP contribution in [0.5, 0.6) is 0 Å². The Kier molecular flexibility index (Phi) is 7.45. The summed E-state index contributed by atoms with van der Waals surface area (Å²) in [6.45, 7) is 12.8. The quantitative estimate of drug-likeness (QED) is 0.628. The maximum absolute atomic E-state index is 5.75. The summed E-state index contributed by atoms with van der Waals surface area (Å²) in [6.07, 6.45) is 4.87. The molecule has 0 aromatic heterocycles. The summed E-state index contributed by atoms with van der Waals surface area (Å²) in [5.74, 6) is 2.17. The van der Waals surface area contributed by atoms with E-state index in [4.69, 9.17) is 5.73 Å². The van der Waals surface area contributed by atoms with Gasteiger partial charge in [-0.1, -0.05) is 71.4 Å². The molecule has 1 aromatic rings. The molecule has 0 amide bonds. The molecule has 0 aliphatic rings. The minimum Gasteiger partial charge on any atom is -0.330 e. The number of benzene rings is 1. The summed E-state index contributed by atoms with van der Waals surface area (Å²) < 4.78 is 0. The molecule has 0 aliphatic heterocycles. The first-order chi connectivity index (χ1) is 9.92. The van der Waals surface area contributed by atoms with Gasteiger partial charge >= 0.3 is 0 Å². The van der Waals surface area contributed by atoms with E-state index in [0.717, 1.165) is 24.8 Å². The van der Waals surface area contributed by atoms with E-state index >= 15 is 0 Å². The van der Waals surface area contributed by atoms with E-state index in [2.05, 4.69) is 65.0 Å². The third-order valence-electron chi connectivity index (χ3n) is 5.39.